The lowest BCUT2D eigenvalue weighted by atomic mass is 10.1. The van der Waals surface area contributed by atoms with Crippen LogP contribution >= 0.6 is 0 Å². The third-order valence-electron chi connectivity index (χ3n) is 1.72. The molecular formula is C10H16O3. The Hall–Kier alpha value is -1.25. The smallest absolute Gasteiger partial charge is 0.330 e. The highest BCUT2D eigenvalue weighted by molar-refractivity contribution is 5.85. The average molecular weight is 184 g/mol. The Bertz CT molecular complexity index is 196. The quantitative estimate of drug-likeness (QED) is 0.488. The van der Waals surface area contributed by atoms with Crippen molar-refractivity contribution in [3.63, 3.8) is 0 Å². The van der Waals surface area contributed by atoms with E-state index in [1.54, 1.807) is 0 Å². The lowest BCUT2D eigenvalue weighted by Gasteiger charge is -2.09. The van der Waals surface area contributed by atoms with Crippen molar-refractivity contribution in [3.8, 4) is 0 Å². The van der Waals surface area contributed by atoms with Crippen LogP contribution in [-0.2, 0) is 9.53 Å². The molecular weight excluding hydrogens is 168 g/mol. The van der Waals surface area contributed by atoms with Crippen molar-refractivity contribution in [1.29, 1.82) is 0 Å². The zero-order chi connectivity index (χ0) is 10.3. The van der Waals surface area contributed by atoms with Gasteiger partial charge in [-0.05, 0) is 26.2 Å². The lowest BCUT2D eigenvalue weighted by molar-refractivity contribution is -0.132. The number of carbonyl (C=O) groups is 1. The minimum absolute atomic E-state index is 0.0964. The van der Waals surface area contributed by atoms with Crippen LogP contribution in [0.4, 0.5) is 0 Å². The number of carboxylic acid groups (broad SMARTS) is 1. The molecule has 3 heteroatoms. The fraction of sp³-hybridized carbons (Fsp3) is 0.500. The summed E-state index contributed by atoms with van der Waals surface area (Å²) in [5.41, 5.74) is 0.255. The van der Waals surface area contributed by atoms with E-state index in [0.717, 1.165) is 12.8 Å². The van der Waals surface area contributed by atoms with Crippen molar-refractivity contribution in [2.45, 2.75) is 32.3 Å². The number of hydrogen-bond donors (Lipinski definition) is 1. The van der Waals surface area contributed by atoms with Crippen LogP contribution < -0.4 is 0 Å². The maximum atomic E-state index is 10.4. The van der Waals surface area contributed by atoms with Crippen LogP contribution in [0, 0.1) is 0 Å². The van der Waals surface area contributed by atoms with Gasteiger partial charge in [-0.1, -0.05) is 13.2 Å². The van der Waals surface area contributed by atoms with E-state index < -0.39 is 5.97 Å². The molecule has 0 amide bonds. The standard InChI is InChI=1S/C10H16O3/c1-4-13-9(3)7-5-6-8(2)10(11)12/h4,9H,1-2,5-7H2,3H3,(H,11,12). The van der Waals surface area contributed by atoms with E-state index in [2.05, 4.69) is 13.2 Å². The van der Waals surface area contributed by atoms with Gasteiger partial charge in [-0.2, -0.15) is 0 Å². The largest absolute Gasteiger partial charge is 0.499 e. The van der Waals surface area contributed by atoms with Crippen molar-refractivity contribution in [1.82, 2.24) is 0 Å². The minimum Gasteiger partial charge on any atom is -0.499 e. The Morgan fingerprint density at radius 2 is 2.31 bits per heavy atom. The first kappa shape index (κ1) is 11.8. The van der Waals surface area contributed by atoms with Gasteiger partial charge in [0.05, 0.1) is 12.4 Å². The molecule has 13 heavy (non-hydrogen) atoms. The van der Waals surface area contributed by atoms with E-state index in [-0.39, 0.29) is 11.7 Å². The van der Waals surface area contributed by atoms with Crippen molar-refractivity contribution in [2.24, 2.45) is 0 Å². The summed E-state index contributed by atoms with van der Waals surface area (Å²) < 4.78 is 5.07. The molecule has 0 rings (SSSR count). The first-order valence-electron chi connectivity index (χ1n) is 4.25. The molecule has 0 fully saturated rings. The van der Waals surface area contributed by atoms with Crippen LogP contribution in [0.25, 0.3) is 0 Å². The lowest BCUT2D eigenvalue weighted by Crippen LogP contribution is -2.05. The summed E-state index contributed by atoms with van der Waals surface area (Å²) in [6.45, 7) is 8.80. The summed E-state index contributed by atoms with van der Waals surface area (Å²) in [7, 11) is 0. The van der Waals surface area contributed by atoms with Crippen molar-refractivity contribution in [2.75, 3.05) is 0 Å². The van der Waals surface area contributed by atoms with Crippen LogP contribution in [0.15, 0.2) is 25.0 Å². The first-order valence-corrected chi connectivity index (χ1v) is 4.25. The summed E-state index contributed by atoms with van der Waals surface area (Å²) in [5, 5.41) is 8.50. The average Bonchev–Trinajstić information content (AvgIpc) is 2.04. The van der Waals surface area contributed by atoms with Gasteiger partial charge in [0, 0.05) is 5.57 Å². The summed E-state index contributed by atoms with van der Waals surface area (Å²) in [4.78, 5) is 10.4. The van der Waals surface area contributed by atoms with Crippen molar-refractivity contribution >= 4 is 5.97 Å². The number of hydrogen-bond acceptors (Lipinski definition) is 2. The number of ether oxygens (including phenoxy) is 1. The molecule has 0 aromatic heterocycles. The molecule has 0 bridgehead atoms. The molecule has 0 radical (unpaired) electrons. The molecule has 3 nitrogen and oxygen atoms in total. The fourth-order valence-electron chi connectivity index (χ4n) is 0.942. The second kappa shape index (κ2) is 6.29. The highest BCUT2D eigenvalue weighted by atomic mass is 16.5. The summed E-state index contributed by atoms with van der Waals surface area (Å²) in [5.74, 6) is -0.919. The topological polar surface area (TPSA) is 46.5 Å². The van der Waals surface area contributed by atoms with Gasteiger partial charge in [0.15, 0.2) is 0 Å². The molecule has 1 atom stereocenters. The van der Waals surface area contributed by atoms with E-state index in [9.17, 15) is 4.79 Å². The van der Waals surface area contributed by atoms with Crippen molar-refractivity contribution in [3.05, 3.63) is 25.0 Å². The van der Waals surface area contributed by atoms with Gasteiger partial charge < -0.3 is 9.84 Å². The molecule has 0 aromatic carbocycles. The van der Waals surface area contributed by atoms with Gasteiger partial charge in [-0.3, -0.25) is 0 Å². The van der Waals surface area contributed by atoms with Gasteiger partial charge in [-0.15, -0.1) is 0 Å². The number of aliphatic carboxylic acids is 1. The van der Waals surface area contributed by atoms with Crippen LogP contribution in [0.2, 0.25) is 0 Å². The second-order valence-electron chi connectivity index (χ2n) is 2.91. The Morgan fingerprint density at radius 3 is 2.77 bits per heavy atom. The van der Waals surface area contributed by atoms with Gasteiger partial charge in [0.1, 0.15) is 0 Å². The Morgan fingerprint density at radius 1 is 1.69 bits per heavy atom. The number of carboxylic acids is 1. The molecule has 1 N–H and O–H groups in total. The Kier molecular flexibility index (Phi) is 5.68. The molecule has 0 aliphatic carbocycles. The molecule has 0 heterocycles. The predicted octanol–water partition coefficient (Wildman–Crippen LogP) is 2.35. The zero-order valence-corrected chi connectivity index (χ0v) is 7.95. The van der Waals surface area contributed by atoms with Gasteiger partial charge in [0.25, 0.3) is 0 Å². The minimum atomic E-state index is -0.919. The highest BCUT2D eigenvalue weighted by Crippen LogP contribution is 2.09. The van der Waals surface area contributed by atoms with Gasteiger partial charge in [0.2, 0.25) is 0 Å². The number of rotatable bonds is 7. The molecule has 1 unspecified atom stereocenters. The van der Waals surface area contributed by atoms with Crippen molar-refractivity contribution < 1.29 is 14.6 Å². The van der Waals surface area contributed by atoms with E-state index in [1.807, 2.05) is 6.92 Å². The molecule has 0 saturated heterocycles. The van der Waals surface area contributed by atoms with Crippen LogP contribution in [-0.4, -0.2) is 17.2 Å². The van der Waals surface area contributed by atoms with Gasteiger partial charge in [-0.25, -0.2) is 4.79 Å². The SMILES string of the molecule is C=COC(C)CCCC(=C)C(=O)O. The summed E-state index contributed by atoms with van der Waals surface area (Å²) in [6, 6.07) is 0. The molecule has 74 valence electrons. The van der Waals surface area contributed by atoms with E-state index in [0.29, 0.717) is 6.42 Å². The summed E-state index contributed by atoms with van der Waals surface area (Å²) >= 11 is 0. The second-order valence-corrected chi connectivity index (χ2v) is 2.91. The first-order chi connectivity index (χ1) is 6.07. The Labute approximate surface area is 78.7 Å². The normalized spacial score (nSPS) is 11.8. The molecule has 0 spiro atoms. The predicted molar refractivity (Wildman–Crippen MR) is 51.4 cm³/mol. The Balaban J connectivity index is 3.50. The zero-order valence-electron chi connectivity index (χ0n) is 7.95. The molecule has 0 aliphatic heterocycles. The van der Waals surface area contributed by atoms with Crippen LogP contribution in [0.5, 0.6) is 0 Å². The third-order valence-corrected chi connectivity index (χ3v) is 1.72. The van der Waals surface area contributed by atoms with Crippen LogP contribution in [0.1, 0.15) is 26.2 Å². The van der Waals surface area contributed by atoms with E-state index in [1.165, 1.54) is 6.26 Å². The van der Waals surface area contributed by atoms with Gasteiger partial charge >= 0.3 is 5.97 Å². The monoisotopic (exact) mass is 184 g/mol. The van der Waals surface area contributed by atoms with E-state index in [4.69, 9.17) is 9.84 Å². The maximum absolute atomic E-state index is 10.4. The van der Waals surface area contributed by atoms with E-state index >= 15 is 0 Å². The summed E-state index contributed by atoms with van der Waals surface area (Å²) in [6.07, 6.45) is 3.61. The molecule has 0 saturated carbocycles. The highest BCUT2D eigenvalue weighted by Gasteiger charge is 2.05. The molecule has 0 aliphatic rings. The third kappa shape index (κ3) is 5.96. The fourth-order valence-corrected chi connectivity index (χ4v) is 0.942. The molecule has 0 aromatic rings. The maximum Gasteiger partial charge on any atom is 0.330 e. The van der Waals surface area contributed by atoms with Crippen LogP contribution in [0.3, 0.4) is 0 Å².